The van der Waals surface area contributed by atoms with Gasteiger partial charge in [-0.3, -0.25) is 0 Å². The van der Waals surface area contributed by atoms with E-state index in [4.69, 9.17) is 9.47 Å². The van der Waals surface area contributed by atoms with Crippen molar-refractivity contribution >= 4 is 5.97 Å². The van der Waals surface area contributed by atoms with Crippen molar-refractivity contribution in [3.05, 3.63) is 108 Å². The van der Waals surface area contributed by atoms with Gasteiger partial charge in [-0.25, -0.2) is 4.79 Å². The molecular formula is C24H24O3. The third-order valence-electron chi connectivity index (χ3n) is 4.34. The second kappa shape index (κ2) is 10.3. The highest BCUT2D eigenvalue weighted by Gasteiger charge is 2.14. The molecule has 0 saturated carbocycles. The first-order chi connectivity index (χ1) is 13.3. The van der Waals surface area contributed by atoms with Crippen molar-refractivity contribution in [1.82, 2.24) is 0 Å². The number of carbonyl (C=O) groups excluding carboxylic acids is 1. The van der Waals surface area contributed by atoms with Gasteiger partial charge in [0.15, 0.2) is 0 Å². The smallest absolute Gasteiger partial charge is 0.338 e. The topological polar surface area (TPSA) is 35.5 Å². The highest BCUT2D eigenvalue weighted by molar-refractivity contribution is 5.89. The van der Waals surface area contributed by atoms with Crippen LogP contribution >= 0.6 is 0 Å². The fourth-order valence-corrected chi connectivity index (χ4v) is 2.80. The minimum absolute atomic E-state index is 0.155. The van der Waals surface area contributed by atoms with Gasteiger partial charge in [-0.15, -0.1) is 0 Å². The first kappa shape index (κ1) is 18.9. The van der Waals surface area contributed by atoms with Gasteiger partial charge in [-0.05, 0) is 36.1 Å². The summed E-state index contributed by atoms with van der Waals surface area (Å²) in [5.41, 5.74) is 2.92. The number of benzene rings is 3. The Hall–Kier alpha value is -2.91. The van der Waals surface area contributed by atoms with Crippen LogP contribution in [0.15, 0.2) is 91.0 Å². The van der Waals surface area contributed by atoms with E-state index in [1.165, 1.54) is 5.56 Å². The summed E-state index contributed by atoms with van der Waals surface area (Å²) >= 11 is 0. The molecule has 0 heterocycles. The average Bonchev–Trinajstić information content (AvgIpc) is 2.75. The lowest BCUT2D eigenvalue weighted by Crippen LogP contribution is -2.23. The quantitative estimate of drug-likeness (QED) is 0.500. The molecule has 3 rings (SSSR count). The number of esters is 1. The standard InChI is InChI=1S/C24H24O3/c25-24(22-14-8-3-9-15-22)27-19-23(17-16-20-10-4-1-5-11-20)26-18-21-12-6-2-7-13-21/h1-15,23H,16-19H2/t23-/m0/s1. The third-order valence-corrected chi connectivity index (χ3v) is 4.34. The van der Waals surface area contributed by atoms with Gasteiger partial charge >= 0.3 is 5.97 Å². The number of hydrogen-bond donors (Lipinski definition) is 0. The Balaban J connectivity index is 1.57. The molecule has 0 spiro atoms. The normalized spacial score (nSPS) is 11.7. The fraction of sp³-hybridized carbons (Fsp3) is 0.208. The zero-order chi connectivity index (χ0) is 18.7. The maximum Gasteiger partial charge on any atom is 0.338 e. The van der Waals surface area contributed by atoms with Crippen LogP contribution in [0, 0.1) is 0 Å². The molecule has 0 fully saturated rings. The Labute approximate surface area is 160 Å². The van der Waals surface area contributed by atoms with Crippen LogP contribution in [0.3, 0.4) is 0 Å². The van der Waals surface area contributed by atoms with Crippen molar-refractivity contribution in [2.75, 3.05) is 6.61 Å². The monoisotopic (exact) mass is 360 g/mol. The summed E-state index contributed by atoms with van der Waals surface area (Å²) in [5.74, 6) is -0.316. The van der Waals surface area contributed by atoms with E-state index in [1.807, 2.05) is 66.7 Å². The number of aryl methyl sites for hydroxylation is 1. The predicted octanol–water partition coefficient (Wildman–Crippen LogP) is 5.06. The van der Waals surface area contributed by atoms with Crippen molar-refractivity contribution in [2.24, 2.45) is 0 Å². The number of ether oxygens (including phenoxy) is 2. The van der Waals surface area contributed by atoms with E-state index < -0.39 is 0 Å². The van der Waals surface area contributed by atoms with Gasteiger partial charge in [0.25, 0.3) is 0 Å². The maximum absolute atomic E-state index is 12.2. The van der Waals surface area contributed by atoms with Crippen molar-refractivity contribution < 1.29 is 14.3 Å². The third kappa shape index (κ3) is 6.39. The molecule has 3 nitrogen and oxygen atoms in total. The molecule has 0 saturated heterocycles. The minimum atomic E-state index is -0.316. The van der Waals surface area contributed by atoms with E-state index in [0.29, 0.717) is 12.2 Å². The van der Waals surface area contributed by atoms with Crippen LogP contribution in [-0.4, -0.2) is 18.7 Å². The van der Waals surface area contributed by atoms with Gasteiger partial charge in [-0.1, -0.05) is 78.9 Å². The molecule has 1 atom stereocenters. The van der Waals surface area contributed by atoms with Crippen LogP contribution in [0.5, 0.6) is 0 Å². The SMILES string of the molecule is O=C(OC[C@H](CCc1ccccc1)OCc1ccccc1)c1ccccc1. The van der Waals surface area contributed by atoms with E-state index >= 15 is 0 Å². The molecule has 0 bridgehead atoms. The molecular weight excluding hydrogens is 336 g/mol. The van der Waals surface area contributed by atoms with Crippen molar-refractivity contribution in [3.63, 3.8) is 0 Å². The molecule has 0 amide bonds. The number of hydrogen-bond acceptors (Lipinski definition) is 3. The Bertz CT molecular complexity index is 757. The zero-order valence-electron chi connectivity index (χ0n) is 15.3. The minimum Gasteiger partial charge on any atom is -0.459 e. The second-order valence-corrected chi connectivity index (χ2v) is 6.41. The van der Waals surface area contributed by atoms with E-state index in [-0.39, 0.29) is 18.7 Å². The lowest BCUT2D eigenvalue weighted by Gasteiger charge is -2.18. The summed E-state index contributed by atoms with van der Waals surface area (Å²) in [7, 11) is 0. The number of rotatable bonds is 9. The summed E-state index contributed by atoms with van der Waals surface area (Å²) in [6.45, 7) is 0.747. The molecule has 0 N–H and O–H groups in total. The maximum atomic E-state index is 12.2. The molecule has 138 valence electrons. The van der Waals surface area contributed by atoms with Crippen LogP contribution in [0.2, 0.25) is 0 Å². The fourth-order valence-electron chi connectivity index (χ4n) is 2.80. The van der Waals surface area contributed by atoms with Crippen LogP contribution in [-0.2, 0) is 22.5 Å². The molecule has 0 radical (unpaired) electrons. The lowest BCUT2D eigenvalue weighted by molar-refractivity contribution is -0.0185. The van der Waals surface area contributed by atoms with E-state index in [9.17, 15) is 4.79 Å². The molecule has 0 unspecified atom stereocenters. The van der Waals surface area contributed by atoms with Gasteiger partial charge in [-0.2, -0.15) is 0 Å². The molecule has 3 aromatic carbocycles. The molecule has 0 aliphatic heterocycles. The second-order valence-electron chi connectivity index (χ2n) is 6.41. The Morgan fingerprint density at radius 2 is 1.30 bits per heavy atom. The lowest BCUT2D eigenvalue weighted by atomic mass is 10.1. The summed E-state index contributed by atoms with van der Waals surface area (Å²) in [5, 5.41) is 0. The van der Waals surface area contributed by atoms with Gasteiger partial charge < -0.3 is 9.47 Å². The number of carbonyl (C=O) groups is 1. The first-order valence-corrected chi connectivity index (χ1v) is 9.23. The van der Waals surface area contributed by atoms with Crippen LogP contribution in [0.1, 0.15) is 27.9 Å². The average molecular weight is 360 g/mol. The largest absolute Gasteiger partial charge is 0.459 e. The molecule has 0 aromatic heterocycles. The predicted molar refractivity (Wildman–Crippen MR) is 107 cm³/mol. The van der Waals surface area contributed by atoms with Gasteiger partial charge in [0.2, 0.25) is 0 Å². The molecule has 0 aliphatic rings. The molecule has 0 aliphatic carbocycles. The van der Waals surface area contributed by atoms with Crippen LogP contribution < -0.4 is 0 Å². The zero-order valence-corrected chi connectivity index (χ0v) is 15.3. The summed E-state index contributed by atoms with van der Waals surface area (Å²) < 4.78 is 11.6. The summed E-state index contributed by atoms with van der Waals surface area (Å²) in [4.78, 5) is 12.2. The highest BCUT2D eigenvalue weighted by atomic mass is 16.6. The van der Waals surface area contributed by atoms with Crippen LogP contribution in [0.4, 0.5) is 0 Å². The Kier molecular flexibility index (Phi) is 7.19. The van der Waals surface area contributed by atoms with Gasteiger partial charge in [0.05, 0.1) is 18.3 Å². The van der Waals surface area contributed by atoms with E-state index in [0.717, 1.165) is 18.4 Å². The van der Waals surface area contributed by atoms with Gasteiger partial charge in [0.1, 0.15) is 6.61 Å². The van der Waals surface area contributed by atoms with E-state index in [1.54, 1.807) is 12.1 Å². The first-order valence-electron chi connectivity index (χ1n) is 9.23. The molecule has 3 aromatic rings. The van der Waals surface area contributed by atoms with Crippen molar-refractivity contribution in [2.45, 2.75) is 25.6 Å². The van der Waals surface area contributed by atoms with Crippen molar-refractivity contribution in [3.8, 4) is 0 Å². The van der Waals surface area contributed by atoms with Crippen molar-refractivity contribution in [1.29, 1.82) is 0 Å². The Morgan fingerprint density at radius 1 is 0.741 bits per heavy atom. The Morgan fingerprint density at radius 3 is 1.93 bits per heavy atom. The van der Waals surface area contributed by atoms with E-state index in [2.05, 4.69) is 12.1 Å². The van der Waals surface area contributed by atoms with Crippen LogP contribution in [0.25, 0.3) is 0 Å². The molecule has 3 heteroatoms. The van der Waals surface area contributed by atoms with Gasteiger partial charge in [0, 0.05) is 0 Å². The summed E-state index contributed by atoms with van der Waals surface area (Å²) in [6, 6.07) is 29.4. The summed E-state index contributed by atoms with van der Waals surface area (Å²) in [6.07, 6.45) is 1.51. The highest BCUT2D eigenvalue weighted by Crippen LogP contribution is 2.12. The molecule has 27 heavy (non-hydrogen) atoms.